The van der Waals surface area contributed by atoms with Gasteiger partial charge in [0.1, 0.15) is 0 Å². The van der Waals surface area contributed by atoms with Crippen molar-refractivity contribution in [1.29, 1.82) is 0 Å². The van der Waals surface area contributed by atoms with Gasteiger partial charge in [0.25, 0.3) is 0 Å². The number of hydrogen-bond donors (Lipinski definition) is 1. The van der Waals surface area contributed by atoms with Crippen LogP contribution in [0.5, 0.6) is 0 Å². The van der Waals surface area contributed by atoms with Crippen molar-refractivity contribution in [1.82, 2.24) is 9.78 Å². The summed E-state index contributed by atoms with van der Waals surface area (Å²) in [5, 5.41) is 14.2. The number of aromatic nitrogens is 2. The number of aliphatic hydroxyl groups is 1. The Morgan fingerprint density at radius 1 is 1.47 bits per heavy atom. The number of aliphatic hydroxyl groups excluding tert-OH is 1. The minimum Gasteiger partial charge on any atom is -0.393 e. The molecule has 0 fully saturated rings. The maximum Gasteiger partial charge on any atom is 0.0766 e. The molecule has 0 saturated heterocycles. The smallest absolute Gasteiger partial charge is 0.0766 e. The second-order valence-corrected chi connectivity index (χ2v) is 4.62. The summed E-state index contributed by atoms with van der Waals surface area (Å²) in [4.78, 5) is 0. The normalized spacial score (nSPS) is 13.1. The van der Waals surface area contributed by atoms with E-state index in [1.165, 1.54) is 0 Å². The molecular weight excluding hydrogens is 256 g/mol. The van der Waals surface area contributed by atoms with Gasteiger partial charge < -0.3 is 5.11 Å². The van der Waals surface area contributed by atoms with Crippen LogP contribution in [0.3, 0.4) is 0 Å². The third-order valence-corrected chi connectivity index (χ3v) is 3.47. The van der Waals surface area contributed by atoms with Crippen LogP contribution in [0, 0.1) is 0 Å². The van der Waals surface area contributed by atoms with E-state index in [9.17, 15) is 5.11 Å². The summed E-state index contributed by atoms with van der Waals surface area (Å²) in [6.45, 7) is 4.17. The number of halogens is 1. The van der Waals surface area contributed by atoms with Crippen molar-refractivity contribution in [2.24, 2.45) is 7.05 Å². The van der Waals surface area contributed by atoms with Crippen LogP contribution in [0.1, 0.15) is 38.1 Å². The van der Waals surface area contributed by atoms with Crippen LogP contribution >= 0.6 is 15.9 Å². The summed E-state index contributed by atoms with van der Waals surface area (Å²) in [6.07, 6.45) is 3.19. The fourth-order valence-electron chi connectivity index (χ4n) is 1.70. The van der Waals surface area contributed by atoms with E-state index in [2.05, 4.69) is 34.9 Å². The summed E-state index contributed by atoms with van der Waals surface area (Å²) in [6, 6.07) is 0. The first-order valence-corrected chi connectivity index (χ1v) is 6.27. The van der Waals surface area contributed by atoms with Gasteiger partial charge in [-0.15, -0.1) is 0 Å². The molecule has 0 aliphatic heterocycles. The van der Waals surface area contributed by atoms with Crippen LogP contribution in [-0.2, 0) is 19.9 Å². The lowest BCUT2D eigenvalue weighted by Gasteiger charge is -2.09. The molecule has 0 amide bonds. The number of nitrogens with zero attached hydrogens (tertiary/aromatic N) is 2. The number of rotatable bonds is 5. The molecule has 15 heavy (non-hydrogen) atoms. The molecule has 1 rings (SSSR count). The lowest BCUT2D eigenvalue weighted by molar-refractivity contribution is 0.161. The van der Waals surface area contributed by atoms with E-state index in [1.54, 1.807) is 0 Å². The molecule has 1 heterocycles. The molecule has 0 aliphatic rings. The molecule has 1 unspecified atom stereocenters. The van der Waals surface area contributed by atoms with E-state index in [-0.39, 0.29) is 6.10 Å². The lowest BCUT2D eigenvalue weighted by atomic mass is 10.1. The van der Waals surface area contributed by atoms with E-state index in [1.807, 2.05) is 11.7 Å². The summed E-state index contributed by atoms with van der Waals surface area (Å²) < 4.78 is 2.92. The Morgan fingerprint density at radius 2 is 2.13 bits per heavy atom. The highest BCUT2D eigenvalue weighted by Crippen LogP contribution is 2.23. The van der Waals surface area contributed by atoms with Gasteiger partial charge in [0, 0.05) is 13.5 Å². The second kappa shape index (κ2) is 5.66. The summed E-state index contributed by atoms with van der Waals surface area (Å²) in [7, 11) is 1.93. The van der Waals surface area contributed by atoms with Gasteiger partial charge in [0.15, 0.2) is 0 Å². The first-order valence-electron chi connectivity index (χ1n) is 5.48. The molecule has 0 radical (unpaired) electrons. The maximum atomic E-state index is 9.77. The minimum atomic E-state index is -0.258. The molecular formula is C11H19BrN2O. The molecule has 3 nitrogen and oxygen atoms in total. The van der Waals surface area contributed by atoms with Crippen molar-refractivity contribution in [3.63, 3.8) is 0 Å². The Hall–Kier alpha value is -0.350. The van der Waals surface area contributed by atoms with E-state index >= 15 is 0 Å². The van der Waals surface area contributed by atoms with Crippen molar-refractivity contribution in [2.45, 2.75) is 45.6 Å². The molecule has 0 saturated carbocycles. The highest BCUT2D eigenvalue weighted by Gasteiger charge is 2.15. The lowest BCUT2D eigenvalue weighted by Crippen LogP contribution is -2.13. The maximum absolute atomic E-state index is 9.77. The van der Waals surface area contributed by atoms with Crippen LogP contribution in [0.15, 0.2) is 4.47 Å². The van der Waals surface area contributed by atoms with Gasteiger partial charge in [-0.25, -0.2) is 0 Å². The van der Waals surface area contributed by atoms with Crippen LogP contribution in [0.2, 0.25) is 0 Å². The van der Waals surface area contributed by atoms with Crippen molar-refractivity contribution < 1.29 is 5.11 Å². The summed E-state index contributed by atoms with van der Waals surface area (Å²) >= 11 is 3.55. The predicted molar refractivity (Wildman–Crippen MR) is 64.9 cm³/mol. The first kappa shape index (κ1) is 12.7. The van der Waals surface area contributed by atoms with Crippen LogP contribution in [-0.4, -0.2) is 21.0 Å². The van der Waals surface area contributed by atoms with Gasteiger partial charge >= 0.3 is 0 Å². The Labute approximate surface area is 99.6 Å². The van der Waals surface area contributed by atoms with Gasteiger partial charge in [-0.2, -0.15) is 5.10 Å². The second-order valence-electron chi connectivity index (χ2n) is 3.83. The Bertz CT molecular complexity index is 323. The molecule has 4 heteroatoms. The van der Waals surface area contributed by atoms with E-state index in [4.69, 9.17) is 0 Å². The predicted octanol–water partition coefficient (Wildman–Crippen LogP) is 2.45. The van der Waals surface area contributed by atoms with Crippen LogP contribution < -0.4 is 0 Å². The molecule has 0 aliphatic carbocycles. The van der Waals surface area contributed by atoms with E-state index in [0.717, 1.165) is 35.1 Å². The number of hydrogen-bond acceptors (Lipinski definition) is 2. The standard InChI is InChI=1S/C11H19BrN2O/c1-4-6-8(15)7-10-11(12)9(5-2)13-14(10)3/h8,15H,4-7H2,1-3H3. The first-order chi connectivity index (χ1) is 7.10. The highest BCUT2D eigenvalue weighted by atomic mass is 79.9. The molecule has 1 atom stereocenters. The molecule has 0 spiro atoms. The highest BCUT2D eigenvalue weighted by molar-refractivity contribution is 9.10. The third kappa shape index (κ3) is 3.05. The van der Waals surface area contributed by atoms with Crippen molar-refractivity contribution in [3.05, 3.63) is 15.9 Å². The molecule has 86 valence electrons. The number of aryl methyl sites for hydroxylation is 2. The van der Waals surface area contributed by atoms with Crippen molar-refractivity contribution in [2.75, 3.05) is 0 Å². The van der Waals surface area contributed by atoms with E-state index in [0.29, 0.717) is 6.42 Å². The van der Waals surface area contributed by atoms with Gasteiger partial charge in [-0.05, 0) is 28.8 Å². The zero-order valence-electron chi connectivity index (χ0n) is 9.63. The van der Waals surface area contributed by atoms with Gasteiger partial charge in [0.05, 0.1) is 22.0 Å². The molecule has 0 bridgehead atoms. The van der Waals surface area contributed by atoms with Gasteiger partial charge in [-0.1, -0.05) is 20.3 Å². The quantitative estimate of drug-likeness (QED) is 0.896. The van der Waals surface area contributed by atoms with E-state index < -0.39 is 0 Å². The molecule has 1 aromatic heterocycles. The molecule has 0 aromatic carbocycles. The monoisotopic (exact) mass is 274 g/mol. The SMILES string of the molecule is CCCC(O)Cc1c(Br)c(CC)nn1C. The van der Waals surface area contributed by atoms with Gasteiger partial charge in [-0.3, -0.25) is 4.68 Å². The Kier molecular flexibility index (Phi) is 4.80. The van der Waals surface area contributed by atoms with Crippen LogP contribution in [0.4, 0.5) is 0 Å². The third-order valence-electron chi connectivity index (χ3n) is 2.55. The topological polar surface area (TPSA) is 38.1 Å². The Morgan fingerprint density at radius 3 is 2.60 bits per heavy atom. The van der Waals surface area contributed by atoms with Crippen molar-refractivity contribution >= 4 is 15.9 Å². The average Bonchev–Trinajstić information content (AvgIpc) is 2.45. The van der Waals surface area contributed by atoms with Crippen LogP contribution in [0.25, 0.3) is 0 Å². The summed E-state index contributed by atoms with van der Waals surface area (Å²) in [5.41, 5.74) is 2.16. The molecule has 1 aromatic rings. The zero-order valence-corrected chi connectivity index (χ0v) is 11.2. The van der Waals surface area contributed by atoms with Crippen molar-refractivity contribution in [3.8, 4) is 0 Å². The fraction of sp³-hybridized carbons (Fsp3) is 0.727. The van der Waals surface area contributed by atoms with Gasteiger partial charge in [0.2, 0.25) is 0 Å². The largest absolute Gasteiger partial charge is 0.393 e. The summed E-state index contributed by atoms with van der Waals surface area (Å²) in [5.74, 6) is 0. The minimum absolute atomic E-state index is 0.258. The molecule has 1 N–H and O–H groups in total. The zero-order chi connectivity index (χ0) is 11.4. The fourth-order valence-corrected chi connectivity index (χ4v) is 2.48. The Balaban J connectivity index is 2.80. The average molecular weight is 275 g/mol.